The molecule has 1 saturated carbocycles. The Bertz CT molecular complexity index is 742. The zero-order chi connectivity index (χ0) is 18.4. The Kier molecular flexibility index (Phi) is 6.33. The van der Waals surface area contributed by atoms with Crippen LogP contribution in [0.2, 0.25) is 0 Å². The van der Waals surface area contributed by atoms with Gasteiger partial charge in [-0.3, -0.25) is 14.3 Å². The maximum Gasteiger partial charge on any atom is 0.313 e. The molecule has 1 aliphatic rings. The minimum atomic E-state index is -0.642. The fraction of sp³-hybridized carbons (Fsp3) is 0.421. The standard InChI is InChI=1S/C19H24N4O2S/c1-14(13-23-12-6-11-20-23)21-18(24)19(25)22-16-9-4-5-10-17(16)26-15-7-2-3-8-15/h4-6,9-12,14-15H,2-3,7-8,13H2,1H3,(H,21,24)(H,22,25)/t14-/m0/s1. The lowest BCUT2D eigenvalue weighted by Gasteiger charge is -2.16. The quantitative estimate of drug-likeness (QED) is 0.764. The molecular weight excluding hydrogens is 348 g/mol. The van der Waals surface area contributed by atoms with Gasteiger partial charge < -0.3 is 10.6 Å². The second kappa shape index (κ2) is 8.89. The lowest BCUT2D eigenvalue weighted by molar-refractivity contribution is -0.136. The third-order valence-corrected chi connectivity index (χ3v) is 5.75. The van der Waals surface area contributed by atoms with Gasteiger partial charge in [0.15, 0.2) is 0 Å². The maximum absolute atomic E-state index is 12.3. The number of aromatic nitrogens is 2. The molecule has 2 aromatic rings. The Balaban J connectivity index is 1.55. The number of hydrogen-bond acceptors (Lipinski definition) is 4. The topological polar surface area (TPSA) is 76.0 Å². The van der Waals surface area contributed by atoms with Crippen molar-refractivity contribution in [1.82, 2.24) is 15.1 Å². The number of para-hydroxylation sites is 1. The van der Waals surface area contributed by atoms with Crippen LogP contribution in [0.25, 0.3) is 0 Å². The second-order valence-electron chi connectivity index (χ2n) is 6.58. The molecule has 0 bridgehead atoms. The number of thioether (sulfide) groups is 1. The smallest absolute Gasteiger partial charge is 0.313 e. The molecule has 1 aromatic heterocycles. The summed E-state index contributed by atoms with van der Waals surface area (Å²) in [6.45, 7) is 2.36. The fourth-order valence-corrected chi connectivity index (χ4v) is 4.39. The zero-order valence-corrected chi connectivity index (χ0v) is 15.7. The largest absolute Gasteiger partial charge is 0.344 e. The number of hydrogen-bond donors (Lipinski definition) is 2. The molecule has 1 fully saturated rings. The highest BCUT2D eigenvalue weighted by Gasteiger charge is 2.20. The Morgan fingerprint density at radius 2 is 2.00 bits per heavy atom. The van der Waals surface area contributed by atoms with Gasteiger partial charge in [0, 0.05) is 28.6 Å². The Hall–Kier alpha value is -2.28. The first kappa shape index (κ1) is 18.5. The van der Waals surface area contributed by atoms with E-state index in [-0.39, 0.29) is 6.04 Å². The molecule has 2 N–H and O–H groups in total. The first-order chi connectivity index (χ1) is 12.6. The molecule has 26 heavy (non-hydrogen) atoms. The van der Waals surface area contributed by atoms with Crippen LogP contribution in [0.5, 0.6) is 0 Å². The number of nitrogens with zero attached hydrogens (tertiary/aromatic N) is 2. The minimum absolute atomic E-state index is 0.198. The Morgan fingerprint density at radius 1 is 1.23 bits per heavy atom. The van der Waals surface area contributed by atoms with E-state index in [0.717, 1.165) is 4.90 Å². The maximum atomic E-state index is 12.3. The van der Waals surface area contributed by atoms with Crippen LogP contribution in [0.3, 0.4) is 0 Å². The monoisotopic (exact) mass is 372 g/mol. The van der Waals surface area contributed by atoms with Gasteiger partial charge in [0.25, 0.3) is 0 Å². The normalized spacial score (nSPS) is 15.6. The van der Waals surface area contributed by atoms with Gasteiger partial charge in [-0.2, -0.15) is 5.10 Å². The SMILES string of the molecule is C[C@@H](Cn1cccn1)NC(=O)C(=O)Nc1ccccc1SC1CCCC1. The predicted octanol–water partition coefficient (Wildman–Crippen LogP) is 3.06. The highest BCUT2D eigenvalue weighted by Crippen LogP contribution is 2.37. The van der Waals surface area contributed by atoms with E-state index in [4.69, 9.17) is 0 Å². The fourth-order valence-electron chi connectivity index (χ4n) is 3.06. The third kappa shape index (κ3) is 5.11. The molecule has 1 heterocycles. The number of rotatable bonds is 6. The lowest BCUT2D eigenvalue weighted by atomic mass is 10.3. The van der Waals surface area contributed by atoms with Crippen LogP contribution in [0.4, 0.5) is 5.69 Å². The van der Waals surface area contributed by atoms with E-state index in [1.165, 1.54) is 25.7 Å². The van der Waals surface area contributed by atoms with Crippen LogP contribution in [0.1, 0.15) is 32.6 Å². The molecule has 1 aliphatic carbocycles. The molecule has 3 rings (SSSR count). The summed E-state index contributed by atoms with van der Waals surface area (Å²) in [5.41, 5.74) is 0.698. The van der Waals surface area contributed by atoms with E-state index >= 15 is 0 Å². The van der Waals surface area contributed by atoms with Gasteiger partial charge in [-0.05, 0) is 38.0 Å². The van der Waals surface area contributed by atoms with Crippen molar-refractivity contribution in [2.75, 3.05) is 5.32 Å². The highest BCUT2D eigenvalue weighted by molar-refractivity contribution is 8.00. The second-order valence-corrected chi connectivity index (χ2v) is 7.92. The zero-order valence-electron chi connectivity index (χ0n) is 14.9. The van der Waals surface area contributed by atoms with Gasteiger partial charge in [0.1, 0.15) is 0 Å². The van der Waals surface area contributed by atoms with Gasteiger partial charge in [0.2, 0.25) is 0 Å². The van der Waals surface area contributed by atoms with Gasteiger partial charge in [-0.15, -0.1) is 11.8 Å². The van der Waals surface area contributed by atoms with E-state index in [2.05, 4.69) is 15.7 Å². The molecule has 7 heteroatoms. The Morgan fingerprint density at radius 3 is 2.73 bits per heavy atom. The Labute approximate surface area is 157 Å². The summed E-state index contributed by atoms with van der Waals surface area (Å²) < 4.78 is 1.72. The third-order valence-electron chi connectivity index (χ3n) is 4.33. The van der Waals surface area contributed by atoms with Crippen LogP contribution in [0, 0.1) is 0 Å². The van der Waals surface area contributed by atoms with Gasteiger partial charge in [-0.25, -0.2) is 0 Å². The number of benzene rings is 1. The van der Waals surface area contributed by atoms with Crippen molar-refractivity contribution in [3.8, 4) is 0 Å². The molecule has 6 nitrogen and oxygen atoms in total. The van der Waals surface area contributed by atoms with Gasteiger partial charge in [0.05, 0.1) is 12.2 Å². The predicted molar refractivity (Wildman–Crippen MR) is 103 cm³/mol. The summed E-state index contributed by atoms with van der Waals surface area (Å²) in [6.07, 6.45) is 8.45. The lowest BCUT2D eigenvalue weighted by Crippen LogP contribution is -2.42. The summed E-state index contributed by atoms with van der Waals surface area (Å²) in [7, 11) is 0. The van der Waals surface area contributed by atoms with E-state index in [1.807, 2.05) is 43.5 Å². The molecule has 0 spiro atoms. The molecule has 138 valence electrons. The van der Waals surface area contributed by atoms with Gasteiger partial charge >= 0.3 is 11.8 Å². The molecule has 0 saturated heterocycles. The van der Waals surface area contributed by atoms with Crippen molar-refractivity contribution in [3.05, 3.63) is 42.7 Å². The molecule has 0 radical (unpaired) electrons. The van der Waals surface area contributed by atoms with Crippen molar-refractivity contribution >= 4 is 29.3 Å². The van der Waals surface area contributed by atoms with Crippen LogP contribution >= 0.6 is 11.8 Å². The van der Waals surface area contributed by atoms with Crippen molar-refractivity contribution < 1.29 is 9.59 Å². The van der Waals surface area contributed by atoms with Crippen molar-refractivity contribution in [2.24, 2.45) is 0 Å². The van der Waals surface area contributed by atoms with Gasteiger partial charge in [-0.1, -0.05) is 25.0 Å². The summed E-state index contributed by atoms with van der Waals surface area (Å²) in [5.74, 6) is -1.28. The van der Waals surface area contributed by atoms with Crippen molar-refractivity contribution in [2.45, 2.75) is 55.3 Å². The average molecular weight is 372 g/mol. The molecule has 1 atom stereocenters. The summed E-state index contributed by atoms with van der Waals surface area (Å²) in [5, 5.41) is 10.2. The first-order valence-corrected chi connectivity index (χ1v) is 9.85. The first-order valence-electron chi connectivity index (χ1n) is 8.97. The molecule has 0 aliphatic heterocycles. The van der Waals surface area contributed by atoms with Crippen LogP contribution in [0.15, 0.2) is 47.6 Å². The van der Waals surface area contributed by atoms with E-state index in [0.29, 0.717) is 17.5 Å². The molecule has 2 amide bonds. The van der Waals surface area contributed by atoms with E-state index in [1.54, 1.807) is 22.6 Å². The van der Waals surface area contributed by atoms with Crippen molar-refractivity contribution in [3.63, 3.8) is 0 Å². The highest BCUT2D eigenvalue weighted by atomic mass is 32.2. The summed E-state index contributed by atoms with van der Waals surface area (Å²) in [4.78, 5) is 25.5. The van der Waals surface area contributed by atoms with Crippen LogP contribution < -0.4 is 10.6 Å². The van der Waals surface area contributed by atoms with Crippen LogP contribution in [-0.2, 0) is 16.1 Å². The molecule has 1 aromatic carbocycles. The number of carbonyl (C=O) groups excluding carboxylic acids is 2. The molecule has 0 unspecified atom stereocenters. The van der Waals surface area contributed by atoms with Crippen molar-refractivity contribution in [1.29, 1.82) is 0 Å². The minimum Gasteiger partial charge on any atom is -0.344 e. The molecular formula is C19H24N4O2S. The number of nitrogens with one attached hydrogen (secondary N) is 2. The van der Waals surface area contributed by atoms with Crippen LogP contribution in [-0.4, -0.2) is 32.9 Å². The summed E-state index contributed by atoms with van der Waals surface area (Å²) in [6, 6.07) is 9.29. The number of carbonyl (C=O) groups is 2. The summed E-state index contributed by atoms with van der Waals surface area (Å²) >= 11 is 1.79. The average Bonchev–Trinajstić information content (AvgIpc) is 3.30. The number of amides is 2. The van der Waals surface area contributed by atoms with E-state index in [9.17, 15) is 9.59 Å². The number of anilines is 1. The van der Waals surface area contributed by atoms with E-state index < -0.39 is 11.8 Å².